The molecule has 1 aromatic rings. The lowest BCUT2D eigenvalue weighted by atomic mass is 10.3. The van der Waals surface area contributed by atoms with Crippen LogP contribution >= 0.6 is 15.9 Å². The fraction of sp³-hybridized carbons (Fsp3) is 0.286. The molecule has 0 unspecified atom stereocenters. The van der Waals surface area contributed by atoms with Crippen molar-refractivity contribution in [2.24, 2.45) is 0 Å². The minimum absolute atomic E-state index is 0.00495. The number of rotatable bonds is 2. The quantitative estimate of drug-likeness (QED) is 0.880. The van der Waals surface area contributed by atoms with E-state index in [9.17, 15) is 8.78 Å². The van der Waals surface area contributed by atoms with Crippen LogP contribution in [0, 0.1) is 0 Å². The molecular formula is C7H7BrF2N2O. The van der Waals surface area contributed by atoms with Crippen LogP contribution in [0.2, 0.25) is 0 Å². The molecule has 13 heavy (non-hydrogen) atoms. The van der Waals surface area contributed by atoms with Crippen molar-refractivity contribution in [1.82, 2.24) is 4.98 Å². The first-order valence-corrected chi connectivity index (χ1v) is 4.13. The van der Waals surface area contributed by atoms with Crippen molar-refractivity contribution < 1.29 is 13.5 Å². The van der Waals surface area contributed by atoms with Crippen LogP contribution in [-0.4, -0.2) is 12.1 Å². The minimum atomic E-state index is -2.65. The Labute approximate surface area is 82.0 Å². The zero-order valence-corrected chi connectivity index (χ0v) is 8.31. The second-order valence-electron chi connectivity index (χ2n) is 2.25. The van der Waals surface area contributed by atoms with Gasteiger partial charge in [-0.1, -0.05) is 0 Å². The van der Waals surface area contributed by atoms with Crippen molar-refractivity contribution in [3.05, 3.63) is 16.2 Å². The van der Waals surface area contributed by atoms with E-state index >= 15 is 0 Å². The number of hydrogen-bond donors (Lipinski definition) is 1. The maximum absolute atomic E-state index is 12.2. The first-order chi connectivity index (χ1) is 6.06. The summed E-state index contributed by atoms with van der Waals surface area (Å²) in [5, 5.41) is 0. The van der Waals surface area contributed by atoms with Gasteiger partial charge in [-0.2, -0.15) is 0 Å². The Morgan fingerprint density at radius 1 is 1.62 bits per heavy atom. The number of alkyl halides is 2. The molecule has 0 atom stereocenters. The van der Waals surface area contributed by atoms with Crippen LogP contribution in [0.5, 0.6) is 5.75 Å². The van der Waals surface area contributed by atoms with Gasteiger partial charge in [-0.15, -0.1) is 0 Å². The molecule has 0 aliphatic heterocycles. The molecular weight excluding hydrogens is 246 g/mol. The van der Waals surface area contributed by atoms with Gasteiger partial charge >= 0.3 is 0 Å². The number of anilines is 1. The Bertz CT molecular complexity index is 320. The molecule has 2 N–H and O–H groups in total. The number of halogens is 3. The number of aromatic nitrogens is 1. The topological polar surface area (TPSA) is 48.1 Å². The summed E-state index contributed by atoms with van der Waals surface area (Å²) < 4.78 is 29.6. The molecule has 72 valence electrons. The second kappa shape index (κ2) is 3.87. The molecule has 1 rings (SSSR count). The number of methoxy groups -OCH3 is 1. The highest BCUT2D eigenvalue weighted by molar-refractivity contribution is 9.10. The maximum Gasteiger partial charge on any atom is 0.280 e. The van der Waals surface area contributed by atoms with Crippen molar-refractivity contribution in [2.45, 2.75) is 6.43 Å². The number of ether oxygens (including phenoxy) is 1. The summed E-state index contributed by atoms with van der Waals surface area (Å²) in [6.45, 7) is 0. The highest BCUT2D eigenvalue weighted by Crippen LogP contribution is 2.32. The molecule has 0 saturated carbocycles. The third-order valence-electron chi connectivity index (χ3n) is 1.41. The fourth-order valence-electron chi connectivity index (χ4n) is 0.805. The van der Waals surface area contributed by atoms with Gasteiger partial charge < -0.3 is 10.5 Å². The minimum Gasteiger partial charge on any atom is -0.495 e. The van der Waals surface area contributed by atoms with Crippen molar-refractivity contribution in [3.8, 4) is 5.75 Å². The van der Waals surface area contributed by atoms with Crippen LogP contribution in [0.1, 0.15) is 12.1 Å². The van der Waals surface area contributed by atoms with Gasteiger partial charge in [0.1, 0.15) is 21.7 Å². The Kier molecular flexibility index (Phi) is 3.02. The van der Waals surface area contributed by atoms with Crippen LogP contribution in [0.25, 0.3) is 0 Å². The smallest absolute Gasteiger partial charge is 0.280 e. The maximum atomic E-state index is 12.2. The monoisotopic (exact) mass is 252 g/mol. The molecule has 0 saturated heterocycles. The van der Waals surface area contributed by atoms with Gasteiger partial charge in [-0.25, -0.2) is 13.8 Å². The Balaban J connectivity index is 3.22. The molecule has 6 heteroatoms. The van der Waals surface area contributed by atoms with Crippen LogP contribution in [-0.2, 0) is 0 Å². The van der Waals surface area contributed by atoms with E-state index in [1.807, 2.05) is 0 Å². The summed E-state index contributed by atoms with van der Waals surface area (Å²) in [5.74, 6) is 0.248. The highest BCUT2D eigenvalue weighted by Gasteiger charge is 2.14. The first kappa shape index (κ1) is 10.2. The van der Waals surface area contributed by atoms with Gasteiger partial charge in [0.05, 0.1) is 7.11 Å². The van der Waals surface area contributed by atoms with Crippen LogP contribution in [0.3, 0.4) is 0 Å². The predicted octanol–water partition coefficient (Wildman–Crippen LogP) is 2.37. The average Bonchev–Trinajstić information content (AvgIpc) is 2.09. The first-order valence-electron chi connectivity index (χ1n) is 3.34. The summed E-state index contributed by atoms with van der Waals surface area (Å²) >= 11 is 3.07. The lowest BCUT2D eigenvalue weighted by molar-refractivity contribution is 0.146. The Hall–Kier alpha value is -0.910. The summed E-state index contributed by atoms with van der Waals surface area (Å²) in [5.41, 5.74) is 4.97. The summed E-state index contributed by atoms with van der Waals surface area (Å²) in [4.78, 5) is 3.48. The largest absolute Gasteiger partial charge is 0.495 e. The van der Waals surface area contributed by atoms with E-state index in [1.165, 1.54) is 7.11 Å². The molecule has 1 heterocycles. The van der Waals surface area contributed by atoms with Crippen LogP contribution in [0.15, 0.2) is 10.5 Å². The normalized spacial score (nSPS) is 10.5. The molecule has 0 aliphatic carbocycles. The molecule has 0 aliphatic rings. The van der Waals surface area contributed by atoms with E-state index in [1.54, 1.807) is 0 Å². The molecule has 0 spiro atoms. The van der Waals surface area contributed by atoms with Gasteiger partial charge in [0.2, 0.25) is 0 Å². The summed E-state index contributed by atoms with van der Waals surface area (Å²) in [7, 11) is 1.37. The SMILES string of the molecule is COc1cc(C(F)F)nc(N)c1Br. The zero-order chi connectivity index (χ0) is 10.0. The highest BCUT2D eigenvalue weighted by atomic mass is 79.9. The number of nitrogens with zero attached hydrogens (tertiary/aromatic N) is 1. The van der Waals surface area contributed by atoms with Crippen LogP contribution < -0.4 is 10.5 Å². The van der Waals surface area contributed by atoms with E-state index < -0.39 is 12.1 Å². The number of hydrogen-bond acceptors (Lipinski definition) is 3. The molecule has 0 fully saturated rings. The number of pyridine rings is 1. The Morgan fingerprint density at radius 2 is 2.23 bits per heavy atom. The van der Waals surface area contributed by atoms with E-state index in [4.69, 9.17) is 10.5 Å². The molecule has 3 nitrogen and oxygen atoms in total. The van der Waals surface area contributed by atoms with Gasteiger partial charge in [0.15, 0.2) is 0 Å². The van der Waals surface area contributed by atoms with Gasteiger partial charge in [0, 0.05) is 6.07 Å². The standard InChI is InChI=1S/C7H7BrF2N2O/c1-13-4-2-3(6(9)10)12-7(11)5(4)8/h2,6H,1H3,(H2,11,12). The lowest BCUT2D eigenvalue weighted by Crippen LogP contribution is -1.99. The molecule has 1 aromatic heterocycles. The zero-order valence-electron chi connectivity index (χ0n) is 6.72. The summed E-state index contributed by atoms with van der Waals surface area (Å²) in [6, 6.07) is 1.14. The molecule has 0 bridgehead atoms. The van der Waals surface area contributed by atoms with E-state index in [-0.39, 0.29) is 11.6 Å². The van der Waals surface area contributed by atoms with E-state index in [0.29, 0.717) is 4.47 Å². The molecule has 0 amide bonds. The van der Waals surface area contributed by atoms with Crippen molar-refractivity contribution in [2.75, 3.05) is 12.8 Å². The van der Waals surface area contributed by atoms with Gasteiger partial charge in [-0.3, -0.25) is 0 Å². The van der Waals surface area contributed by atoms with Crippen molar-refractivity contribution in [3.63, 3.8) is 0 Å². The van der Waals surface area contributed by atoms with Gasteiger partial charge in [0.25, 0.3) is 6.43 Å². The summed E-state index contributed by atoms with van der Waals surface area (Å²) in [6.07, 6.45) is -2.65. The third kappa shape index (κ3) is 2.06. The number of nitrogen functional groups attached to an aromatic ring is 1. The van der Waals surface area contributed by atoms with Crippen molar-refractivity contribution in [1.29, 1.82) is 0 Å². The lowest BCUT2D eigenvalue weighted by Gasteiger charge is -2.07. The number of nitrogens with two attached hydrogens (primary N) is 1. The predicted molar refractivity (Wildman–Crippen MR) is 47.9 cm³/mol. The Morgan fingerprint density at radius 3 is 2.69 bits per heavy atom. The van der Waals surface area contributed by atoms with Crippen molar-refractivity contribution >= 4 is 21.7 Å². The molecule has 0 radical (unpaired) electrons. The third-order valence-corrected chi connectivity index (χ3v) is 2.21. The second-order valence-corrected chi connectivity index (χ2v) is 3.04. The van der Waals surface area contributed by atoms with E-state index in [0.717, 1.165) is 6.07 Å². The van der Waals surface area contributed by atoms with Gasteiger partial charge in [-0.05, 0) is 15.9 Å². The fourth-order valence-corrected chi connectivity index (χ4v) is 1.17. The average molecular weight is 253 g/mol. The van der Waals surface area contributed by atoms with Crippen LogP contribution in [0.4, 0.5) is 14.6 Å². The molecule has 0 aromatic carbocycles. The van der Waals surface area contributed by atoms with E-state index in [2.05, 4.69) is 20.9 Å².